The molecule has 20 heavy (non-hydrogen) atoms. The van der Waals surface area contributed by atoms with E-state index in [0.29, 0.717) is 6.54 Å². The Balaban J connectivity index is 1.98. The summed E-state index contributed by atoms with van der Waals surface area (Å²) in [5.74, 6) is -0.0363. The zero-order valence-electron chi connectivity index (χ0n) is 11.2. The van der Waals surface area contributed by atoms with Gasteiger partial charge in [0.1, 0.15) is 0 Å². The number of carbonyl (C=O) groups excluding carboxylic acids is 1. The number of para-hydroxylation sites is 2. The van der Waals surface area contributed by atoms with Crippen LogP contribution in [-0.4, -0.2) is 48.0 Å². The molecule has 1 aromatic rings. The number of nitrogens with one attached hydrogen (secondary N) is 1. The number of carbonyl (C=O) groups is 1. The van der Waals surface area contributed by atoms with Crippen molar-refractivity contribution in [2.75, 3.05) is 26.2 Å². The molecule has 1 aromatic carbocycles. The van der Waals surface area contributed by atoms with Gasteiger partial charge in [-0.1, -0.05) is 12.1 Å². The fraction of sp³-hybridized carbons (Fsp3) is 0.462. The summed E-state index contributed by atoms with van der Waals surface area (Å²) in [6.45, 7) is 3.89. The maximum Gasteiger partial charge on any atom is 0.310 e. The standard InChI is InChI=1S/C13H17N3O4/c1-10-8-14-6-7-15(10)13(17)9-20-12-5-3-2-4-11(12)16(18)19/h2-5,10,14H,6-9H2,1H3. The molecule has 0 saturated carbocycles. The van der Waals surface area contributed by atoms with Crippen molar-refractivity contribution in [1.82, 2.24) is 10.2 Å². The lowest BCUT2D eigenvalue weighted by atomic mass is 10.2. The zero-order valence-corrected chi connectivity index (χ0v) is 11.2. The molecule has 1 fully saturated rings. The third-order valence-corrected chi connectivity index (χ3v) is 3.23. The predicted octanol–water partition coefficient (Wildman–Crippen LogP) is 0.794. The molecule has 0 spiro atoms. The summed E-state index contributed by atoms with van der Waals surface area (Å²) < 4.78 is 5.31. The molecule has 1 N–H and O–H groups in total. The molecule has 1 saturated heterocycles. The minimum atomic E-state index is -0.521. The number of benzene rings is 1. The van der Waals surface area contributed by atoms with E-state index >= 15 is 0 Å². The first kappa shape index (κ1) is 14.3. The maximum absolute atomic E-state index is 12.1. The smallest absolute Gasteiger partial charge is 0.310 e. The van der Waals surface area contributed by atoms with Crippen LogP contribution in [0.1, 0.15) is 6.92 Å². The third kappa shape index (κ3) is 3.24. The molecule has 1 aliphatic heterocycles. The van der Waals surface area contributed by atoms with Crippen LogP contribution in [0.4, 0.5) is 5.69 Å². The van der Waals surface area contributed by atoms with Crippen LogP contribution in [0, 0.1) is 10.1 Å². The Morgan fingerprint density at radius 1 is 1.55 bits per heavy atom. The number of hydrogen-bond donors (Lipinski definition) is 1. The van der Waals surface area contributed by atoms with Crippen molar-refractivity contribution in [3.8, 4) is 5.75 Å². The van der Waals surface area contributed by atoms with E-state index in [1.807, 2.05) is 6.92 Å². The Hall–Kier alpha value is -2.15. The van der Waals surface area contributed by atoms with Crippen molar-refractivity contribution < 1.29 is 14.5 Å². The van der Waals surface area contributed by atoms with Gasteiger partial charge in [-0.15, -0.1) is 0 Å². The van der Waals surface area contributed by atoms with E-state index < -0.39 is 4.92 Å². The van der Waals surface area contributed by atoms with Crippen molar-refractivity contribution in [2.45, 2.75) is 13.0 Å². The highest BCUT2D eigenvalue weighted by Crippen LogP contribution is 2.25. The topological polar surface area (TPSA) is 84.7 Å². The molecule has 0 radical (unpaired) electrons. The Bertz CT molecular complexity index is 506. The van der Waals surface area contributed by atoms with Crippen LogP contribution in [0.25, 0.3) is 0 Å². The molecule has 0 bridgehead atoms. The van der Waals surface area contributed by atoms with E-state index in [4.69, 9.17) is 4.74 Å². The van der Waals surface area contributed by atoms with Gasteiger partial charge in [0.15, 0.2) is 12.4 Å². The van der Waals surface area contributed by atoms with Crippen molar-refractivity contribution in [3.05, 3.63) is 34.4 Å². The normalized spacial score (nSPS) is 18.6. The van der Waals surface area contributed by atoms with Crippen molar-refractivity contribution in [3.63, 3.8) is 0 Å². The maximum atomic E-state index is 12.1. The lowest BCUT2D eigenvalue weighted by Crippen LogP contribution is -2.53. The summed E-state index contributed by atoms with van der Waals surface area (Å²) in [6, 6.07) is 6.15. The number of nitro groups is 1. The van der Waals surface area contributed by atoms with Crippen molar-refractivity contribution in [2.24, 2.45) is 0 Å². The van der Waals surface area contributed by atoms with Crippen LogP contribution >= 0.6 is 0 Å². The molecule has 1 aliphatic rings. The average molecular weight is 279 g/mol. The summed E-state index contributed by atoms with van der Waals surface area (Å²) >= 11 is 0. The molecule has 108 valence electrons. The first-order valence-corrected chi connectivity index (χ1v) is 6.46. The summed E-state index contributed by atoms with van der Waals surface area (Å²) in [5.41, 5.74) is -0.131. The first-order chi connectivity index (χ1) is 9.59. The Morgan fingerprint density at radius 2 is 2.30 bits per heavy atom. The van der Waals surface area contributed by atoms with Crippen molar-refractivity contribution >= 4 is 11.6 Å². The molecule has 1 amide bonds. The van der Waals surface area contributed by atoms with Gasteiger partial charge in [0.05, 0.1) is 4.92 Å². The van der Waals surface area contributed by atoms with E-state index in [-0.39, 0.29) is 30.0 Å². The van der Waals surface area contributed by atoms with Crippen LogP contribution in [0.15, 0.2) is 24.3 Å². The fourth-order valence-corrected chi connectivity index (χ4v) is 2.16. The van der Waals surface area contributed by atoms with Crippen LogP contribution in [0.5, 0.6) is 5.75 Å². The molecule has 1 heterocycles. The minimum Gasteiger partial charge on any atom is -0.477 e. The van der Waals surface area contributed by atoms with E-state index in [2.05, 4.69) is 5.32 Å². The largest absolute Gasteiger partial charge is 0.477 e. The van der Waals surface area contributed by atoms with Gasteiger partial charge in [-0.25, -0.2) is 0 Å². The number of piperazine rings is 1. The van der Waals surface area contributed by atoms with Crippen LogP contribution < -0.4 is 10.1 Å². The second-order valence-corrected chi connectivity index (χ2v) is 4.65. The lowest BCUT2D eigenvalue weighted by Gasteiger charge is -2.33. The van der Waals surface area contributed by atoms with E-state index in [9.17, 15) is 14.9 Å². The number of nitro benzene ring substituents is 1. The van der Waals surface area contributed by atoms with Gasteiger partial charge in [0.2, 0.25) is 0 Å². The summed E-state index contributed by atoms with van der Waals surface area (Å²) in [5, 5.41) is 14.0. The number of hydrogen-bond acceptors (Lipinski definition) is 5. The molecular weight excluding hydrogens is 262 g/mol. The summed E-state index contributed by atoms with van der Waals surface area (Å²) in [6.07, 6.45) is 0. The SMILES string of the molecule is CC1CNCCN1C(=O)COc1ccccc1[N+](=O)[O-]. The van der Waals surface area contributed by atoms with Crippen LogP contribution in [0.2, 0.25) is 0 Å². The number of rotatable bonds is 4. The quantitative estimate of drug-likeness (QED) is 0.650. The molecule has 7 heteroatoms. The highest BCUT2D eigenvalue weighted by molar-refractivity contribution is 5.78. The van der Waals surface area contributed by atoms with E-state index in [0.717, 1.165) is 13.1 Å². The predicted molar refractivity (Wildman–Crippen MR) is 72.6 cm³/mol. The van der Waals surface area contributed by atoms with Gasteiger partial charge >= 0.3 is 5.69 Å². The lowest BCUT2D eigenvalue weighted by molar-refractivity contribution is -0.385. The zero-order chi connectivity index (χ0) is 14.5. The number of ether oxygens (including phenoxy) is 1. The van der Waals surface area contributed by atoms with Gasteiger partial charge in [-0.2, -0.15) is 0 Å². The molecular formula is C13H17N3O4. The fourth-order valence-electron chi connectivity index (χ4n) is 2.16. The Morgan fingerprint density at radius 3 is 3.00 bits per heavy atom. The van der Waals surface area contributed by atoms with Gasteiger partial charge in [-0.3, -0.25) is 14.9 Å². The minimum absolute atomic E-state index is 0.102. The highest BCUT2D eigenvalue weighted by Gasteiger charge is 2.24. The number of nitrogens with zero attached hydrogens (tertiary/aromatic N) is 2. The Kier molecular flexibility index (Phi) is 4.52. The van der Waals surface area contributed by atoms with E-state index in [1.165, 1.54) is 12.1 Å². The van der Waals surface area contributed by atoms with E-state index in [1.54, 1.807) is 17.0 Å². The molecule has 1 unspecified atom stereocenters. The molecule has 7 nitrogen and oxygen atoms in total. The van der Waals surface area contributed by atoms with Gasteiger partial charge in [0, 0.05) is 31.7 Å². The highest BCUT2D eigenvalue weighted by atomic mass is 16.6. The molecule has 0 aliphatic carbocycles. The molecule has 0 aromatic heterocycles. The monoisotopic (exact) mass is 279 g/mol. The second-order valence-electron chi connectivity index (χ2n) is 4.65. The van der Waals surface area contributed by atoms with Gasteiger partial charge in [-0.05, 0) is 13.0 Å². The van der Waals surface area contributed by atoms with Gasteiger partial charge < -0.3 is 15.0 Å². The number of amides is 1. The Labute approximate surface area is 116 Å². The van der Waals surface area contributed by atoms with Crippen LogP contribution in [-0.2, 0) is 4.79 Å². The third-order valence-electron chi connectivity index (χ3n) is 3.23. The summed E-state index contributed by atoms with van der Waals surface area (Å²) in [4.78, 5) is 24.1. The first-order valence-electron chi connectivity index (χ1n) is 6.46. The molecule has 2 rings (SSSR count). The van der Waals surface area contributed by atoms with Crippen LogP contribution in [0.3, 0.4) is 0 Å². The van der Waals surface area contributed by atoms with Crippen molar-refractivity contribution in [1.29, 1.82) is 0 Å². The van der Waals surface area contributed by atoms with Gasteiger partial charge in [0.25, 0.3) is 5.91 Å². The molecule has 1 atom stereocenters. The second kappa shape index (κ2) is 6.33. The average Bonchev–Trinajstić information content (AvgIpc) is 2.45. The summed E-state index contributed by atoms with van der Waals surface area (Å²) in [7, 11) is 0.